The number of hydrogen-bond acceptors (Lipinski definition) is 5. The van der Waals surface area contributed by atoms with Gasteiger partial charge in [-0.2, -0.15) is 0 Å². The molecular formula is C22H28N4O2. The highest BCUT2D eigenvalue weighted by Gasteiger charge is 2.29. The Morgan fingerprint density at radius 1 is 1.29 bits per heavy atom. The second-order valence-corrected chi connectivity index (χ2v) is 7.83. The molecule has 0 radical (unpaired) electrons. The molecular weight excluding hydrogens is 352 g/mol. The van der Waals surface area contributed by atoms with E-state index in [9.17, 15) is 4.79 Å². The van der Waals surface area contributed by atoms with Crippen LogP contribution < -0.4 is 4.74 Å². The van der Waals surface area contributed by atoms with Gasteiger partial charge in [0.2, 0.25) is 5.91 Å². The van der Waals surface area contributed by atoms with Gasteiger partial charge in [-0.25, -0.2) is 9.97 Å². The summed E-state index contributed by atoms with van der Waals surface area (Å²) in [5.74, 6) is 2.21. The molecule has 2 aliphatic heterocycles. The number of likely N-dealkylation sites (N-methyl/N-ethyl adjacent to an activating group) is 1. The van der Waals surface area contributed by atoms with E-state index in [1.807, 2.05) is 35.4 Å². The van der Waals surface area contributed by atoms with Crippen LogP contribution in [0.3, 0.4) is 0 Å². The molecule has 0 unspecified atom stereocenters. The first kappa shape index (κ1) is 18.9. The smallest absolute Gasteiger partial charge is 0.222 e. The van der Waals surface area contributed by atoms with Crippen molar-refractivity contribution in [1.82, 2.24) is 19.8 Å². The maximum atomic E-state index is 12.7. The van der Waals surface area contributed by atoms with Crippen LogP contribution in [0.1, 0.15) is 41.4 Å². The van der Waals surface area contributed by atoms with Gasteiger partial charge < -0.3 is 14.5 Å². The standard InChI is InChI=1S/C22H28N4O2/c1-25-11-10-19-18(14-25)13-23-22(24-19)17-9-12-26(15-17)21(27)8-7-16-5-3-4-6-20(16)28-2/h3-6,13,17H,7-12,14-15H2,1-2H3/t17-/m1/s1. The number of nitrogens with zero attached hydrogens (tertiary/aromatic N) is 4. The lowest BCUT2D eigenvalue weighted by atomic mass is 10.1. The van der Waals surface area contributed by atoms with E-state index >= 15 is 0 Å². The van der Waals surface area contributed by atoms with Crippen LogP contribution in [0.2, 0.25) is 0 Å². The number of amides is 1. The third-order valence-electron chi connectivity index (χ3n) is 5.85. The van der Waals surface area contributed by atoms with Gasteiger partial charge in [0.05, 0.1) is 7.11 Å². The van der Waals surface area contributed by atoms with Gasteiger partial charge in [0.15, 0.2) is 0 Å². The largest absolute Gasteiger partial charge is 0.496 e. The summed E-state index contributed by atoms with van der Waals surface area (Å²) in [5, 5.41) is 0. The van der Waals surface area contributed by atoms with Gasteiger partial charge in [-0.05, 0) is 31.5 Å². The summed E-state index contributed by atoms with van der Waals surface area (Å²) in [4.78, 5) is 26.4. The SMILES string of the molecule is COc1ccccc1CCC(=O)N1CC[C@@H](c2ncc3c(n2)CCN(C)C3)C1. The second kappa shape index (κ2) is 8.27. The summed E-state index contributed by atoms with van der Waals surface area (Å²) >= 11 is 0. The van der Waals surface area contributed by atoms with Gasteiger partial charge >= 0.3 is 0 Å². The monoisotopic (exact) mass is 380 g/mol. The average molecular weight is 380 g/mol. The van der Waals surface area contributed by atoms with Crippen LogP contribution in [0.4, 0.5) is 0 Å². The third-order valence-corrected chi connectivity index (χ3v) is 5.85. The molecule has 0 aliphatic carbocycles. The summed E-state index contributed by atoms with van der Waals surface area (Å²) in [6.45, 7) is 3.48. The molecule has 1 amide bonds. The number of carbonyl (C=O) groups is 1. The van der Waals surface area contributed by atoms with Crippen LogP contribution in [0.25, 0.3) is 0 Å². The fourth-order valence-electron chi connectivity index (χ4n) is 4.18. The van der Waals surface area contributed by atoms with Gasteiger partial charge in [0.25, 0.3) is 0 Å². The van der Waals surface area contributed by atoms with Crippen molar-refractivity contribution in [3.63, 3.8) is 0 Å². The topological polar surface area (TPSA) is 58.6 Å². The third kappa shape index (κ3) is 4.02. The second-order valence-electron chi connectivity index (χ2n) is 7.83. The van der Waals surface area contributed by atoms with E-state index in [0.29, 0.717) is 12.8 Å². The van der Waals surface area contributed by atoms with E-state index in [2.05, 4.69) is 16.9 Å². The zero-order chi connectivity index (χ0) is 19.5. The van der Waals surface area contributed by atoms with Crippen molar-refractivity contribution in [3.05, 3.63) is 53.1 Å². The number of ether oxygens (including phenoxy) is 1. The number of aryl methyl sites for hydroxylation is 1. The number of rotatable bonds is 5. The lowest BCUT2D eigenvalue weighted by molar-refractivity contribution is -0.130. The van der Waals surface area contributed by atoms with Crippen LogP contribution in [0, 0.1) is 0 Å². The fourth-order valence-corrected chi connectivity index (χ4v) is 4.18. The Morgan fingerprint density at radius 3 is 3.00 bits per heavy atom. The van der Waals surface area contributed by atoms with E-state index in [4.69, 9.17) is 9.72 Å². The Labute approximate surface area is 166 Å². The van der Waals surface area contributed by atoms with E-state index in [0.717, 1.165) is 56.2 Å². The van der Waals surface area contributed by atoms with E-state index in [-0.39, 0.29) is 11.8 Å². The average Bonchev–Trinajstić information content (AvgIpc) is 3.22. The first-order valence-corrected chi connectivity index (χ1v) is 10.1. The summed E-state index contributed by atoms with van der Waals surface area (Å²) in [7, 11) is 3.80. The van der Waals surface area contributed by atoms with Crippen LogP contribution in [-0.2, 0) is 24.2 Å². The van der Waals surface area contributed by atoms with Crippen molar-refractivity contribution in [2.45, 2.75) is 38.1 Å². The number of aromatic nitrogens is 2. The number of likely N-dealkylation sites (tertiary alicyclic amines) is 1. The van der Waals surface area contributed by atoms with Crippen LogP contribution >= 0.6 is 0 Å². The molecule has 1 aromatic carbocycles. The van der Waals surface area contributed by atoms with E-state index in [1.54, 1.807) is 7.11 Å². The summed E-state index contributed by atoms with van der Waals surface area (Å²) in [6.07, 6.45) is 5.12. The predicted molar refractivity (Wildman–Crippen MR) is 107 cm³/mol. The van der Waals surface area contributed by atoms with Crippen LogP contribution in [-0.4, -0.2) is 59.5 Å². The minimum absolute atomic E-state index is 0.202. The minimum Gasteiger partial charge on any atom is -0.496 e. The fraction of sp³-hybridized carbons (Fsp3) is 0.500. The number of para-hydroxylation sites is 1. The molecule has 28 heavy (non-hydrogen) atoms. The molecule has 1 saturated heterocycles. The molecule has 6 nitrogen and oxygen atoms in total. The highest BCUT2D eigenvalue weighted by molar-refractivity contribution is 5.77. The normalized spacial score (nSPS) is 19.5. The molecule has 1 aromatic heterocycles. The first-order chi connectivity index (χ1) is 13.6. The molecule has 1 atom stereocenters. The van der Waals surface area contributed by atoms with Crippen molar-refractivity contribution in [3.8, 4) is 5.75 Å². The summed E-state index contributed by atoms with van der Waals surface area (Å²) in [6, 6.07) is 7.90. The lowest BCUT2D eigenvalue weighted by Gasteiger charge is -2.24. The zero-order valence-corrected chi connectivity index (χ0v) is 16.7. The molecule has 0 saturated carbocycles. The van der Waals surface area contributed by atoms with Gasteiger partial charge in [0, 0.05) is 62.4 Å². The van der Waals surface area contributed by atoms with Crippen molar-refractivity contribution >= 4 is 5.91 Å². The number of methoxy groups -OCH3 is 1. The Kier molecular flexibility index (Phi) is 5.57. The van der Waals surface area contributed by atoms with E-state index in [1.165, 1.54) is 11.3 Å². The summed E-state index contributed by atoms with van der Waals surface area (Å²) in [5.41, 5.74) is 3.50. The minimum atomic E-state index is 0.202. The van der Waals surface area contributed by atoms with Gasteiger partial charge in [-0.3, -0.25) is 4.79 Å². The quantitative estimate of drug-likeness (QED) is 0.797. The van der Waals surface area contributed by atoms with E-state index < -0.39 is 0 Å². The molecule has 4 rings (SSSR count). The molecule has 0 spiro atoms. The predicted octanol–water partition coefficient (Wildman–Crippen LogP) is 2.42. The Bertz CT molecular complexity index is 854. The summed E-state index contributed by atoms with van der Waals surface area (Å²) < 4.78 is 5.39. The van der Waals surface area contributed by atoms with Crippen molar-refractivity contribution in [1.29, 1.82) is 0 Å². The molecule has 6 heteroatoms. The Morgan fingerprint density at radius 2 is 2.14 bits per heavy atom. The Balaban J connectivity index is 1.35. The number of benzene rings is 1. The number of hydrogen-bond donors (Lipinski definition) is 0. The van der Waals surface area contributed by atoms with Crippen molar-refractivity contribution < 1.29 is 9.53 Å². The maximum Gasteiger partial charge on any atom is 0.222 e. The highest BCUT2D eigenvalue weighted by Crippen LogP contribution is 2.27. The lowest BCUT2D eigenvalue weighted by Crippen LogP contribution is -2.29. The maximum absolute atomic E-state index is 12.7. The first-order valence-electron chi connectivity index (χ1n) is 10.1. The number of fused-ring (bicyclic) bond motifs is 1. The molecule has 148 valence electrons. The molecule has 2 aliphatic rings. The Hall–Kier alpha value is -2.47. The van der Waals surface area contributed by atoms with Gasteiger partial charge in [-0.1, -0.05) is 18.2 Å². The van der Waals surface area contributed by atoms with Crippen molar-refractivity contribution in [2.75, 3.05) is 33.8 Å². The number of carbonyl (C=O) groups excluding carboxylic acids is 1. The zero-order valence-electron chi connectivity index (χ0n) is 16.7. The molecule has 1 fully saturated rings. The van der Waals surface area contributed by atoms with Gasteiger partial charge in [-0.15, -0.1) is 0 Å². The van der Waals surface area contributed by atoms with Gasteiger partial charge in [0.1, 0.15) is 11.6 Å². The van der Waals surface area contributed by atoms with Crippen LogP contribution in [0.15, 0.2) is 30.5 Å². The molecule has 2 aromatic rings. The molecule has 3 heterocycles. The van der Waals surface area contributed by atoms with Crippen LogP contribution in [0.5, 0.6) is 5.75 Å². The van der Waals surface area contributed by atoms with Crippen molar-refractivity contribution in [2.24, 2.45) is 0 Å². The molecule has 0 N–H and O–H groups in total. The molecule has 0 bridgehead atoms. The highest BCUT2D eigenvalue weighted by atomic mass is 16.5.